The molecule has 0 aliphatic rings. The number of aryl methyl sites for hydroxylation is 1. The zero-order valence-electron chi connectivity index (χ0n) is 17.4. The summed E-state index contributed by atoms with van der Waals surface area (Å²) in [5.41, 5.74) is 6.18. The van der Waals surface area contributed by atoms with Crippen LogP contribution in [0.15, 0.2) is 53.6 Å². The Kier molecular flexibility index (Phi) is 7.51. The molecule has 0 amide bonds. The van der Waals surface area contributed by atoms with Crippen LogP contribution in [0.1, 0.15) is 49.9 Å². The van der Waals surface area contributed by atoms with Crippen LogP contribution in [0, 0.1) is 6.92 Å². The molecular weight excluding hydrogens is 348 g/mol. The zero-order chi connectivity index (χ0) is 20.7. The standard InChI is InChI=1S/C25H30O3/c1-17(2)6-10-23-21(9-7-20-8-11-24(27)19(5)14-20)15-22(26)16-25(23)28-13-12-18(3)4/h6-9,11-12,14-16,26-27H,10,13H2,1-5H3/b9-7+. The normalized spacial score (nSPS) is 10.8. The van der Waals surface area contributed by atoms with Gasteiger partial charge in [0, 0.05) is 11.6 Å². The molecule has 0 unspecified atom stereocenters. The third-order valence-corrected chi connectivity index (χ3v) is 4.35. The largest absolute Gasteiger partial charge is 0.508 e. The molecule has 0 heterocycles. The molecule has 0 fully saturated rings. The first-order valence-corrected chi connectivity index (χ1v) is 9.49. The molecule has 0 aliphatic heterocycles. The van der Waals surface area contributed by atoms with E-state index >= 15 is 0 Å². The Morgan fingerprint density at radius 1 is 0.929 bits per heavy atom. The van der Waals surface area contributed by atoms with Crippen LogP contribution >= 0.6 is 0 Å². The summed E-state index contributed by atoms with van der Waals surface area (Å²) in [5, 5.41) is 19.9. The van der Waals surface area contributed by atoms with E-state index in [2.05, 4.69) is 19.9 Å². The van der Waals surface area contributed by atoms with Gasteiger partial charge < -0.3 is 14.9 Å². The van der Waals surface area contributed by atoms with Gasteiger partial charge in [-0.05, 0) is 82.0 Å². The molecular formula is C25H30O3. The van der Waals surface area contributed by atoms with Gasteiger partial charge in [0.05, 0.1) is 0 Å². The van der Waals surface area contributed by atoms with E-state index in [0.29, 0.717) is 12.4 Å². The number of aromatic hydroxyl groups is 2. The maximum Gasteiger partial charge on any atom is 0.127 e. The van der Waals surface area contributed by atoms with Crippen LogP contribution in [0.4, 0.5) is 0 Å². The molecule has 0 saturated heterocycles. The van der Waals surface area contributed by atoms with Gasteiger partial charge in [-0.2, -0.15) is 0 Å². The molecule has 3 nitrogen and oxygen atoms in total. The second kappa shape index (κ2) is 9.84. The van der Waals surface area contributed by atoms with Crippen molar-refractivity contribution < 1.29 is 14.9 Å². The van der Waals surface area contributed by atoms with Gasteiger partial charge in [-0.3, -0.25) is 0 Å². The fourth-order valence-electron chi connectivity index (χ4n) is 2.72. The second-order valence-corrected chi connectivity index (χ2v) is 7.47. The first-order chi connectivity index (χ1) is 13.3. The third-order valence-electron chi connectivity index (χ3n) is 4.35. The highest BCUT2D eigenvalue weighted by Crippen LogP contribution is 2.31. The van der Waals surface area contributed by atoms with Gasteiger partial charge in [-0.1, -0.05) is 35.4 Å². The van der Waals surface area contributed by atoms with Crippen LogP contribution in [0.5, 0.6) is 17.2 Å². The number of benzene rings is 2. The summed E-state index contributed by atoms with van der Waals surface area (Å²) in [6.07, 6.45) is 8.85. The van der Waals surface area contributed by atoms with Gasteiger partial charge in [-0.15, -0.1) is 0 Å². The Hall–Kier alpha value is -2.94. The molecule has 28 heavy (non-hydrogen) atoms. The Bertz CT molecular complexity index is 910. The molecule has 0 spiro atoms. The van der Waals surface area contributed by atoms with Crippen LogP contribution < -0.4 is 4.74 Å². The first kappa shape index (κ1) is 21.4. The number of phenols is 2. The van der Waals surface area contributed by atoms with Gasteiger partial charge in [0.2, 0.25) is 0 Å². The number of ether oxygens (including phenoxy) is 1. The summed E-state index contributed by atoms with van der Waals surface area (Å²) in [4.78, 5) is 0. The van der Waals surface area contributed by atoms with E-state index in [1.807, 2.05) is 51.1 Å². The SMILES string of the molecule is CC(C)=CCOc1cc(O)cc(/C=C/c2ccc(O)c(C)c2)c1CC=C(C)C. The fraction of sp³-hybridized carbons (Fsp3) is 0.280. The van der Waals surface area contributed by atoms with Crippen molar-refractivity contribution in [1.29, 1.82) is 0 Å². The predicted molar refractivity (Wildman–Crippen MR) is 118 cm³/mol. The Morgan fingerprint density at radius 3 is 2.29 bits per heavy atom. The number of allylic oxidation sites excluding steroid dienone is 3. The quantitative estimate of drug-likeness (QED) is 0.431. The zero-order valence-corrected chi connectivity index (χ0v) is 17.4. The molecule has 0 saturated carbocycles. The summed E-state index contributed by atoms with van der Waals surface area (Å²) < 4.78 is 5.96. The molecule has 0 atom stereocenters. The summed E-state index contributed by atoms with van der Waals surface area (Å²) >= 11 is 0. The first-order valence-electron chi connectivity index (χ1n) is 9.49. The maximum atomic E-state index is 10.2. The lowest BCUT2D eigenvalue weighted by atomic mass is 10.00. The van der Waals surface area contributed by atoms with Crippen LogP contribution in [-0.4, -0.2) is 16.8 Å². The minimum atomic E-state index is 0.176. The topological polar surface area (TPSA) is 49.7 Å². The van der Waals surface area contributed by atoms with E-state index in [1.54, 1.807) is 18.2 Å². The number of phenolic OH excluding ortho intramolecular Hbond substituents is 2. The van der Waals surface area contributed by atoms with E-state index in [0.717, 1.165) is 28.7 Å². The minimum absolute atomic E-state index is 0.176. The highest BCUT2D eigenvalue weighted by molar-refractivity contribution is 5.74. The Morgan fingerprint density at radius 2 is 1.64 bits per heavy atom. The number of rotatable bonds is 7. The summed E-state index contributed by atoms with van der Waals surface area (Å²) in [6, 6.07) is 8.91. The highest BCUT2D eigenvalue weighted by atomic mass is 16.5. The predicted octanol–water partition coefficient (Wildman–Crippen LogP) is 6.43. The van der Waals surface area contributed by atoms with Crippen molar-refractivity contribution in [2.24, 2.45) is 0 Å². The lowest BCUT2D eigenvalue weighted by molar-refractivity contribution is 0.355. The van der Waals surface area contributed by atoms with Gasteiger partial charge >= 0.3 is 0 Å². The number of hydrogen-bond acceptors (Lipinski definition) is 3. The smallest absolute Gasteiger partial charge is 0.127 e. The van der Waals surface area contributed by atoms with Crippen molar-refractivity contribution in [2.75, 3.05) is 6.61 Å². The van der Waals surface area contributed by atoms with Crippen molar-refractivity contribution in [1.82, 2.24) is 0 Å². The van der Waals surface area contributed by atoms with Gasteiger partial charge in [0.15, 0.2) is 0 Å². The molecule has 2 rings (SSSR count). The molecule has 0 bridgehead atoms. The fourth-order valence-corrected chi connectivity index (χ4v) is 2.72. The summed E-state index contributed by atoms with van der Waals surface area (Å²) in [5.74, 6) is 1.15. The Balaban J connectivity index is 2.43. The highest BCUT2D eigenvalue weighted by Gasteiger charge is 2.10. The monoisotopic (exact) mass is 378 g/mol. The lowest BCUT2D eigenvalue weighted by Gasteiger charge is -2.14. The molecule has 0 radical (unpaired) electrons. The van der Waals surface area contributed by atoms with Crippen LogP contribution in [-0.2, 0) is 6.42 Å². The van der Waals surface area contributed by atoms with Crippen LogP contribution in [0.2, 0.25) is 0 Å². The van der Waals surface area contributed by atoms with Gasteiger partial charge in [-0.25, -0.2) is 0 Å². The Labute approximate surface area is 168 Å². The average molecular weight is 379 g/mol. The van der Waals surface area contributed by atoms with Gasteiger partial charge in [0.1, 0.15) is 23.9 Å². The molecule has 0 aliphatic carbocycles. The average Bonchev–Trinajstić information content (AvgIpc) is 2.61. The third kappa shape index (κ3) is 6.34. The summed E-state index contributed by atoms with van der Waals surface area (Å²) in [6.45, 7) is 10.5. The van der Waals surface area contributed by atoms with E-state index in [-0.39, 0.29) is 11.5 Å². The van der Waals surface area contributed by atoms with Crippen LogP contribution in [0.25, 0.3) is 12.2 Å². The minimum Gasteiger partial charge on any atom is -0.508 e. The summed E-state index contributed by atoms with van der Waals surface area (Å²) in [7, 11) is 0. The van der Waals surface area contributed by atoms with E-state index in [9.17, 15) is 10.2 Å². The van der Waals surface area contributed by atoms with E-state index in [1.165, 1.54) is 11.1 Å². The van der Waals surface area contributed by atoms with Crippen molar-refractivity contribution in [3.8, 4) is 17.2 Å². The lowest BCUT2D eigenvalue weighted by Crippen LogP contribution is -2.00. The second-order valence-electron chi connectivity index (χ2n) is 7.47. The van der Waals surface area contributed by atoms with Crippen molar-refractivity contribution in [2.45, 2.75) is 41.0 Å². The van der Waals surface area contributed by atoms with Gasteiger partial charge in [0.25, 0.3) is 0 Å². The number of hydrogen-bond donors (Lipinski definition) is 2. The maximum absolute atomic E-state index is 10.2. The molecule has 2 aromatic rings. The molecule has 3 heteroatoms. The molecule has 148 valence electrons. The van der Waals surface area contributed by atoms with Crippen molar-refractivity contribution in [3.63, 3.8) is 0 Å². The molecule has 2 aromatic carbocycles. The van der Waals surface area contributed by atoms with E-state index < -0.39 is 0 Å². The molecule has 0 aromatic heterocycles. The van der Waals surface area contributed by atoms with E-state index in [4.69, 9.17) is 4.74 Å². The molecule has 2 N–H and O–H groups in total. The van der Waals surface area contributed by atoms with Crippen molar-refractivity contribution >= 4 is 12.2 Å². The van der Waals surface area contributed by atoms with Crippen molar-refractivity contribution in [3.05, 3.63) is 75.9 Å². The van der Waals surface area contributed by atoms with Crippen LogP contribution in [0.3, 0.4) is 0 Å².